The highest BCUT2D eigenvalue weighted by molar-refractivity contribution is 5.24. The molecule has 1 rings (SSSR count). The second-order valence-corrected chi connectivity index (χ2v) is 3.20. The molecule has 1 aromatic rings. The lowest BCUT2D eigenvalue weighted by atomic mass is 10.00. The third kappa shape index (κ3) is 3.08. The van der Waals surface area contributed by atoms with Gasteiger partial charge in [-0.15, -0.1) is 0 Å². The molecule has 0 saturated heterocycles. The maximum absolute atomic E-state index is 8.34. The van der Waals surface area contributed by atoms with Crippen molar-refractivity contribution in [2.24, 2.45) is 0 Å². The molecule has 0 atom stereocenters. The van der Waals surface area contributed by atoms with Crippen LogP contribution in [0.2, 0.25) is 0 Å². The van der Waals surface area contributed by atoms with Gasteiger partial charge in [0.1, 0.15) is 0 Å². The van der Waals surface area contributed by atoms with Crippen molar-refractivity contribution in [3.05, 3.63) is 35.4 Å². The van der Waals surface area contributed by atoms with Crippen molar-refractivity contribution in [1.82, 2.24) is 0 Å². The largest absolute Gasteiger partial charge is 0.252 e. The fraction of sp³-hybridized carbons (Fsp3) is 0.400. The van der Waals surface area contributed by atoms with Gasteiger partial charge in [-0.25, -0.2) is 9.78 Å². The molecule has 0 aromatic heterocycles. The van der Waals surface area contributed by atoms with Gasteiger partial charge in [0.25, 0.3) is 0 Å². The average Bonchev–Trinajstić information content (AvgIpc) is 2.19. The summed E-state index contributed by atoms with van der Waals surface area (Å²) in [6.45, 7) is 2.19. The molecule has 1 aromatic carbocycles. The van der Waals surface area contributed by atoms with E-state index < -0.39 is 0 Å². The summed E-state index contributed by atoms with van der Waals surface area (Å²) >= 11 is 0. The van der Waals surface area contributed by atoms with E-state index in [2.05, 4.69) is 9.78 Å². The van der Waals surface area contributed by atoms with Crippen LogP contribution in [0.15, 0.2) is 24.3 Å². The van der Waals surface area contributed by atoms with Crippen LogP contribution in [0.1, 0.15) is 17.0 Å². The molecule has 4 nitrogen and oxygen atoms in total. The Morgan fingerprint density at radius 2 is 1.57 bits per heavy atom. The van der Waals surface area contributed by atoms with Crippen molar-refractivity contribution in [1.29, 1.82) is 0 Å². The molecule has 0 fully saturated rings. The summed E-state index contributed by atoms with van der Waals surface area (Å²) < 4.78 is 0. The van der Waals surface area contributed by atoms with Gasteiger partial charge in [0.2, 0.25) is 0 Å². The van der Waals surface area contributed by atoms with Gasteiger partial charge in [-0.1, -0.05) is 29.8 Å². The van der Waals surface area contributed by atoms with E-state index in [1.54, 1.807) is 0 Å². The highest BCUT2D eigenvalue weighted by Gasteiger charge is 2.12. The molecule has 0 amide bonds. The minimum Gasteiger partial charge on any atom is -0.252 e. The normalized spacial score (nSPS) is 10.9. The molecule has 2 N–H and O–H groups in total. The third-order valence-electron chi connectivity index (χ3n) is 2.10. The minimum atomic E-state index is -0.161. The third-order valence-corrected chi connectivity index (χ3v) is 2.10. The van der Waals surface area contributed by atoms with Crippen LogP contribution < -0.4 is 0 Å². The van der Waals surface area contributed by atoms with Crippen molar-refractivity contribution >= 4 is 0 Å². The van der Waals surface area contributed by atoms with Gasteiger partial charge in [-0.2, -0.15) is 0 Å². The lowest BCUT2D eigenvalue weighted by Gasteiger charge is -2.13. The molecule has 0 aliphatic carbocycles. The zero-order valence-corrected chi connectivity index (χ0v) is 8.01. The Kier molecular flexibility index (Phi) is 4.55. The van der Waals surface area contributed by atoms with Crippen LogP contribution in [-0.2, 0) is 9.78 Å². The highest BCUT2D eigenvalue weighted by atomic mass is 17.1. The van der Waals surface area contributed by atoms with Gasteiger partial charge in [0.05, 0.1) is 13.2 Å². The van der Waals surface area contributed by atoms with Crippen LogP contribution in [0.3, 0.4) is 0 Å². The van der Waals surface area contributed by atoms with E-state index in [1.165, 1.54) is 0 Å². The number of aryl methyl sites for hydroxylation is 1. The Hall–Kier alpha value is -0.940. The van der Waals surface area contributed by atoms with Crippen LogP contribution >= 0.6 is 0 Å². The van der Waals surface area contributed by atoms with E-state index in [9.17, 15) is 0 Å². The lowest BCUT2D eigenvalue weighted by Crippen LogP contribution is -2.12. The molecule has 0 aliphatic heterocycles. The first-order valence-electron chi connectivity index (χ1n) is 4.37. The van der Waals surface area contributed by atoms with Crippen LogP contribution in [0, 0.1) is 6.92 Å². The predicted molar refractivity (Wildman–Crippen MR) is 51.1 cm³/mol. The summed E-state index contributed by atoms with van der Waals surface area (Å²) in [5, 5.41) is 16.7. The number of benzene rings is 1. The van der Waals surface area contributed by atoms with Crippen molar-refractivity contribution in [2.75, 3.05) is 13.2 Å². The van der Waals surface area contributed by atoms with E-state index in [0.717, 1.165) is 11.1 Å². The fourth-order valence-corrected chi connectivity index (χ4v) is 1.26. The van der Waals surface area contributed by atoms with Crippen LogP contribution in [0.5, 0.6) is 0 Å². The standard InChI is InChI=1S/C10H14O4/c1-8-2-4-9(5-3-8)10(6-13-11)7-14-12/h2-5,10-12H,6-7H2,1H3. The van der Waals surface area contributed by atoms with Crippen molar-refractivity contribution < 1.29 is 20.3 Å². The molecule has 0 saturated carbocycles. The molecule has 4 heteroatoms. The summed E-state index contributed by atoms with van der Waals surface area (Å²) in [7, 11) is 0. The first-order valence-corrected chi connectivity index (χ1v) is 4.37. The minimum absolute atomic E-state index is 0.101. The van der Waals surface area contributed by atoms with E-state index in [-0.39, 0.29) is 19.1 Å². The molecule has 0 bridgehead atoms. The van der Waals surface area contributed by atoms with Crippen molar-refractivity contribution in [3.63, 3.8) is 0 Å². The summed E-state index contributed by atoms with van der Waals surface area (Å²) in [4.78, 5) is 8.10. The molecular formula is C10H14O4. The molecule has 0 spiro atoms. The van der Waals surface area contributed by atoms with E-state index in [1.807, 2.05) is 31.2 Å². The van der Waals surface area contributed by atoms with E-state index in [0.29, 0.717) is 0 Å². The molecule has 0 aliphatic rings. The van der Waals surface area contributed by atoms with Gasteiger partial charge in [-0.05, 0) is 12.5 Å². The van der Waals surface area contributed by atoms with Gasteiger partial charge in [0, 0.05) is 5.92 Å². The summed E-state index contributed by atoms with van der Waals surface area (Å²) in [5.74, 6) is -0.161. The summed E-state index contributed by atoms with van der Waals surface area (Å²) in [6.07, 6.45) is 0. The molecule has 0 heterocycles. The Morgan fingerprint density at radius 1 is 1.07 bits per heavy atom. The zero-order valence-electron chi connectivity index (χ0n) is 8.01. The maximum Gasteiger partial charge on any atom is 0.0911 e. The zero-order chi connectivity index (χ0) is 10.4. The Bertz CT molecular complexity index is 251. The SMILES string of the molecule is Cc1ccc(C(COO)COO)cc1. The summed E-state index contributed by atoms with van der Waals surface area (Å²) in [6, 6.07) is 7.74. The smallest absolute Gasteiger partial charge is 0.0911 e. The Labute approximate surface area is 82.6 Å². The molecule has 14 heavy (non-hydrogen) atoms. The van der Waals surface area contributed by atoms with Crippen molar-refractivity contribution in [3.8, 4) is 0 Å². The topological polar surface area (TPSA) is 58.9 Å². The van der Waals surface area contributed by atoms with E-state index in [4.69, 9.17) is 10.5 Å². The Balaban J connectivity index is 2.71. The molecule has 0 unspecified atom stereocenters. The van der Waals surface area contributed by atoms with Gasteiger partial charge in [-0.3, -0.25) is 10.5 Å². The first kappa shape index (κ1) is 11.1. The quantitative estimate of drug-likeness (QED) is 0.561. The maximum atomic E-state index is 8.34. The predicted octanol–water partition coefficient (Wildman–Crippen LogP) is 2.06. The van der Waals surface area contributed by atoms with Crippen LogP contribution in [-0.4, -0.2) is 23.7 Å². The van der Waals surface area contributed by atoms with E-state index >= 15 is 0 Å². The van der Waals surface area contributed by atoms with Gasteiger partial charge >= 0.3 is 0 Å². The first-order chi connectivity index (χ1) is 6.77. The monoisotopic (exact) mass is 198 g/mol. The van der Waals surface area contributed by atoms with Gasteiger partial charge < -0.3 is 0 Å². The second kappa shape index (κ2) is 5.72. The lowest BCUT2D eigenvalue weighted by molar-refractivity contribution is -0.272. The second-order valence-electron chi connectivity index (χ2n) is 3.20. The van der Waals surface area contributed by atoms with Crippen molar-refractivity contribution in [2.45, 2.75) is 12.8 Å². The van der Waals surface area contributed by atoms with Gasteiger partial charge in [0.15, 0.2) is 0 Å². The average molecular weight is 198 g/mol. The molecular weight excluding hydrogens is 184 g/mol. The number of hydrogen-bond acceptors (Lipinski definition) is 4. The van der Waals surface area contributed by atoms with Crippen LogP contribution in [0.25, 0.3) is 0 Å². The number of hydrogen-bond donors (Lipinski definition) is 2. The number of rotatable bonds is 5. The fourth-order valence-electron chi connectivity index (χ4n) is 1.26. The molecule has 0 radical (unpaired) electrons. The van der Waals surface area contributed by atoms with Crippen LogP contribution in [0.4, 0.5) is 0 Å². The molecule has 78 valence electrons. The Morgan fingerprint density at radius 3 is 2.00 bits per heavy atom. The highest BCUT2D eigenvalue weighted by Crippen LogP contribution is 2.16. The summed E-state index contributed by atoms with van der Waals surface area (Å²) in [5.41, 5.74) is 2.11.